The summed E-state index contributed by atoms with van der Waals surface area (Å²) < 4.78 is 32.4. The minimum Gasteiger partial charge on any atom is -0.468 e. The highest BCUT2D eigenvalue weighted by Crippen LogP contribution is 2.47. The quantitative estimate of drug-likeness (QED) is 0.566. The lowest BCUT2D eigenvalue weighted by atomic mass is 9.67. The molecule has 2 atom stereocenters. The number of benzene rings is 1. The second kappa shape index (κ2) is 6.80. The smallest absolute Gasteiger partial charge is 0.318 e. The van der Waals surface area contributed by atoms with E-state index < -0.39 is 33.4 Å². The maximum Gasteiger partial charge on any atom is 0.318 e. The second-order valence-electron chi connectivity index (χ2n) is 6.92. The van der Waals surface area contributed by atoms with Gasteiger partial charge in [0.05, 0.1) is 18.0 Å². The molecule has 1 amide bonds. The number of hydrogen-bond donors (Lipinski definition) is 0. The van der Waals surface area contributed by atoms with Gasteiger partial charge in [0.15, 0.2) is 0 Å². The Balaban J connectivity index is 2.20. The zero-order valence-corrected chi connectivity index (χ0v) is 16.8. The molecule has 1 aromatic carbocycles. The van der Waals surface area contributed by atoms with Crippen molar-refractivity contribution in [1.29, 1.82) is 0 Å². The summed E-state index contributed by atoms with van der Waals surface area (Å²) in [7, 11) is -2.95. The Morgan fingerprint density at radius 3 is 2.63 bits per heavy atom. The molecule has 2 aliphatic rings. The summed E-state index contributed by atoms with van der Waals surface area (Å²) in [6, 6.07) is 4.83. The van der Waals surface area contributed by atoms with E-state index in [1.54, 1.807) is 6.07 Å². The van der Waals surface area contributed by atoms with Crippen molar-refractivity contribution in [3.63, 3.8) is 0 Å². The lowest BCUT2D eigenvalue weighted by molar-refractivity contribution is -0.154. The van der Waals surface area contributed by atoms with Crippen molar-refractivity contribution in [2.75, 3.05) is 7.11 Å². The van der Waals surface area contributed by atoms with Gasteiger partial charge in [0, 0.05) is 11.1 Å². The minimum absolute atomic E-state index is 0.0960. The molecule has 27 heavy (non-hydrogen) atoms. The van der Waals surface area contributed by atoms with E-state index in [2.05, 4.69) is 0 Å². The Kier molecular flexibility index (Phi) is 4.94. The predicted molar refractivity (Wildman–Crippen MR) is 100 cm³/mol. The average molecular weight is 410 g/mol. The van der Waals surface area contributed by atoms with Crippen LogP contribution in [0.5, 0.6) is 0 Å². The first kappa shape index (κ1) is 19.6. The first-order valence-electron chi connectivity index (χ1n) is 8.40. The average Bonchev–Trinajstić information content (AvgIpc) is 2.62. The lowest BCUT2D eigenvalue weighted by Crippen LogP contribution is -2.59. The summed E-state index contributed by atoms with van der Waals surface area (Å²) in [5.41, 5.74) is 0.697. The molecular weight excluding hydrogens is 390 g/mol. The molecule has 0 spiro atoms. The van der Waals surface area contributed by atoms with Crippen LogP contribution in [0.25, 0.3) is 0 Å². The van der Waals surface area contributed by atoms with Crippen molar-refractivity contribution in [2.45, 2.75) is 37.6 Å². The third kappa shape index (κ3) is 3.08. The van der Waals surface area contributed by atoms with Gasteiger partial charge in [0.1, 0.15) is 5.41 Å². The molecule has 1 aliphatic carbocycles. The Bertz CT molecular complexity index is 982. The molecule has 3 rings (SSSR count). The van der Waals surface area contributed by atoms with Crippen molar-refractivity contribution in [1.82, 2.24) is 4.31 Å². The number of hydrogen-bond acceptors (Lipinski definition) is 5. The predicted octanol–water partition coefficient (Wildman–Crippen LogP) is 3.09. The standard InChI is InChI=1S/C19H20ClNO5S/c1-12-9-16-19(11-13(12)2,18(23)26-3)8-7-17(22)21(16)27(24,25)15-6-4-5-14(20)10-15/h4-8,10,16H,9,11H2,1-3H3/t16-,19-/m1/s1. The minimum atomic E-state index is -4.21. The SMILES string of the molecule is COC(=O)[C@@]12C=CC(=O)N(S(=O)(=O)c3cccc(Cl)c3)[C@@H]1CC(C)=C(C)C2. The Hall–Kier alpha value is -2.12. The fraction of sp³-hybridized carbons (Fsp3) is 0.368. The van der Waals surface area contributed by atoms with E-state index in [-0.39, 0.29) is 16.3 Å². The molecule has 0 fully saturated rings. The number of carbonyl (C=O) groups excluding carboxylic acids is 2. The largest absolute Gasteiger partial charge is 0.468 e. The van der Waals surface area contributed by atoms with E-state index >= 15 is 0 Å². The molecule has 0 aromatic heterocycles. The van der Waals surface area contributed by atoms with Gasteiger partial charge in [-0.25, -0.2) is 12.7 Å². The maximum absolute atomic E-state index is 13.3. The van der Waals surface area contributed by atoms with Crippen LogP contribution >= 0.6 is 11.6 Å². The molecule has 1 aromatic rings. The summed E-state index contributed by atoms with van der Waals surface area (Å²) in [5, 5.41) is 0.242. The highest BCUT2D eigenvalue weighted by molar-refractivity contribution is 7.89. The zero-order valence-electron chi connectivity index (χ0n) is 15.2. The van der Waals surface area contributed by atoms with Gasteiger partial charge in [-0.2, -0.15) is 0 Å². The number of allylic oxidation sites excluding steroid dienone is 1. The molecule has 0 bridgehead atoms. The number of halogens is 1. The Morgan fingerprint density at radius 2 is 2.00 bits per heavy atom. The highest BCUT2D eigenvalue weighted by atomic mass is 35.5. The van der Waals surface area contributed by atoms with E-state index in [9.17, 15) is 18.0 Å². The van der Waals surface area contributed by atoms with Crippen molar-refractivity contribution in [2.24, 2.45) is 5.41 Å². The normalized spacial score (nSPS) is 25.4. The number of carbonyl (C=O) groups is 2. The summed E-state index contributed by atoms with van der Waals surface area (Å²) in [6.45, 7) is 3.78. The van der Waals surface area contributed by atoms with Gasteiger partial charge in [-0.1, -0.05) is 34.9 Å². The fourth-order valence-electron chi connectivity index (χ4n) is 3.76. The van der Waals surface area contributed by atoms with Crippen molar-refractivity contribution < 1.29 is 22.7 Å². The molecule has 1 aliphatic heterocycles. The van der Waals surface area contributed by atoms with Crippen molar-refractivity contribution in [3.05, 3.63) is 52.6 Å². The molecule has 6 nitrogen and oxygen atoms in total. The van der Waals surface area contributed by atoms with Gasteiger partial charge >= 0.3 is 5.97 Å². The Morgan fingerprint density at radius 1 is 1.30 bits per heavy atom. The number of rotatable bonds is 3. The molecule has 0 N–H and O–H groups in total. The fourth-order valence-corrected chi connectivity index (χ4v) is 5.66. The van der Waals surface area contributed by atoms with E-state index in [1.165, 1.54) is 31.4 Å². The van der Waals surface area contributed by atoms with Crippen LogP contribution in [0.3, 0.4) is 0 Å². The van der Waals surface area contributed by atoms with Crippen LogP contribution in [-0.4, -0.2) is 37.8 Å². The third-order valence-electron chi connectivity index (χ3n) is 5.32. The van der Waals surface area contributed by atoms with Crippen LogP contribution in [0.4, 0.5) is 0 Å². The molecule has 144 valence electrons. The van der Waals surface area contributed by atoms with E-state index in [0.29, 0.717) is 6.42 Å². The second-order valence-corrected chi connectivity index (χ2v) is 9.17. The first-order chi connectivity index (χ1) is 12.6. The van der Waals surface area contributed by atoms with Gasteiger partial charge in [-0.15, -0.1) is 0 Å². The van der Waals surface area contributed by atoms with Crippen molar-refractivity contribution in [3.8, 4) is 0 Å². The summed E-state index contributed by atoms with van der Waals surface area (Å²) in [5.74, 6) is -1.25. The zero-order chi connectivity index (χ0) is 20.0. The van der Waals surface area contributed by atoms with Gasteiger partial charge in [0.2, 0.25) is 0 Å². The summed E-state index contributed by atoms with van der Waals surface area (Å²) in [4.78, 5) is 25.3. The monoisotopic (exact) mass is 409 g/mol. The number of ether oxygens (including phenoxy) is 1. The Labute approximate surface area is 163 Å². The number of fused-ring (bicyclic) bond motifs is 1. The number of sulfonamides is 1. The molecular formula is C19H20ClNO5S. The molecule has 1 heterocycles. The number of methoxy groups -OCH3 is 1. The number of esters is 1. The topological polar surface area (TPSA) is 80.8 Å². The van der Waals surface area contributed by atoms with E-state index in [0.717, 1.165) is 21.5 Å². The molecule has 0 saturated heterocycles. The molecule has 0 saturated carbocycles. The first-order valence-corrected chi connectivity index (χ1v) is 10.2. The van der Waals surface area contributed by atoms with Crippen LogP contribution in [0.15, 0.2) is 52.5 Å². The van der Waals surface area contributed by atoms with Gasteiger partial charge in [-0.05, 0) is 44.9 Å². The van der Waals surface area contributed by atoms with Crippen LogP contribution in [-0.2, 0) is 24.3 Å². The highest BCUT2D eigenvalue weighted by Gasteiger charge is 2.56. The van der Waals surface area contributed by atoms with Crippen molar-refractivity contribution >= 4 is 33.5 Å². The van der Waals surface area contributed by atoms with Gasteiger partial charge in [-0.3, -0.25) is 9.59 Å². The van der Waals surface area contributed by atoms with Crippen LogP contribution in [0, 0.1) is 5.41 Å². The third-order valence-corrected chi connectivity index (χ3v) is 7.36. The summed E-state index contributed by atoms with van der Waals surface area (Å²) in [6.07, 6.45) is 3.19. The van der Waals surface area contributed by atoms with Crippen LogP contribution in [0.2, 0.25) is 5.02 Å². The number of amides is 1. The van der Waals surface area contributed by atoms with E-state index in [4.69, 9.17) is 16.3 Å². The van der Waals surface area contributed by atoms with E-state index in [1.807, 2.05) is 13.8 Å². The summed E-state index contributed by atoms with van der Waals surface area (Å²) >= 11 is 5.94. The van der Waals surface area contributed by atoms with Crippen LogP contribution < -0.4 is 0 Å². The molecule has 8 heteroatoms. The lowest BCUT2D eigenvalue weighted by Gasteiger charge is -2.47. The van der Waals surface area contributed by atoms with Gasteiger partial charge in [0.25, 0.3) is 15.9 Å². The molecule has 0 unspecified atom stereocenters. The maximum atomic E-state index is 13.3. The van der Waals surface area contributed by atoms with Crippen LogP contribution in [0.1, 0.15) is 26.7 Å². The molecule has 0 radical (unpaired) electrons. The van der Waals surface area contributed by atoms with Gasteiger partial charge < -0.3 is 4.74 Å². The number of nitrogens with zero attached hydrogens (tertiary/aromatic N) is 1.